The van der Waals surface area contributed by atoms with Crippen LogP contribution in [0.2, 0.25) is 5.02 Å². The molecule has 0 amide bonds. The number of ether oxygens (including phenoxy) is 2. The third-order valence-electron chi connectivity index (χ3n) is 2.73. The predicted molar refractivity (Wildman–Crippen MR) is 62.6 cm³/mol. The van der Waals surface area contributed by atoms with E-state index in [1.807, 2.05) is 13.0 Å². The first-order valence-electron chi connectivity index (χ1n) is 5.42. The summed E-state index contributed by atoms with van der Waals surface area (Å²) in [7, 11) is 0. The highest BCUT2D eigenvalue weighted by Gasteiger charge is 2.20. The molecule has 0 bridgehead atoms. The molecule has 1 aromatic rings. The Kier molecular flexibility index (Phi) is 3.56. The SMILES string of the molecule is Cc1c(CCCO)cc(Cl)c2c1OCCO2. The molecule has 1 heterocycles. The van der Waals surface area contributed by atoms with Crippen LogP contribution in [-0.4, -0.2) is 24.9 Å². The lowest BCUT2D eigenvalue weighted by atomic mass is 10.0. The first-order valence-corrected chi connectivity index (χ1v) is 5.80. The summed E-state index contributed by atoms with van der Waals surface area (Å²) in [5, 5.41) is 9.43. The van der Waals surface area contributed by atoms with E-state index in [1.165, 1.54) is 0 Å². The Hall–Kier alpha value is -0.930. The second-order valence-corrected chi connectivity index (χ2v) is 4.23. The summed E-state index contributed by atoms with van der Waals surface area (Å²) in [5.41, 5.74) is 2.18. The molecule has 2 rings (SSSR count). The van der Waals surface area contributed by atoms with Gasteiger partial charge in [-0.1, -0.05) is 11.6 Å². The Morgan fingerprint density at radius 2 is 2.00 bits per heavy atom. The normalized spacial score (nSPS) is 13.9. The number of benzene rings is 1. The van der Waals surface area contributed by atoms with E-state index in [0.29, 0.717) is 24.0 Å². The standard InChI is InChI=1S/C12H15ClO3/c1-8-9(3-2-4-14)7-10(13)12-11(8)15-5-6-16-12/h7,14H,2-6H2,1H3. The molecule has 88 valence electrons. The average molecular weight is 243 g/mol. The number of rotatable bonds is 3. The number of fused-ring (bicyclic) bond motifs is 1. The van der Waals surface area contributed by atoms with Crippen LogP contribution in [-0.2, 0) is 6.42 Å². The lowest BCUT2D eigenvalue weighted by molar-refractivity contribution is 0.170. The van der Waals surface area contributed by atoms with Crippen LogP contribution in [0.1, 0.15) is 17.5 Å². The topological polar surface area (TPSA) is 38.7 Å². The van der Waals surface area contributed by atoms with E-state index < -0.39 is 0 Å². The van der Waals surface area contributed by atoms with E-state index in [-0.39, 0.29) is 6.61 Å². The van der Waals surface area contributed by atoms with Gasteiger partial charge < -0.3 is 14.6 Å². The molecule has 16 heavy (non-hydrogen) atoms. The lowest BCUT2D eigenvalue weighted by Crippen LogP contribution is -2.17. The van der Waals surface area contributed by atoms with Crippen LogP contribution < -0.4 is 9.47 Å². The van der Waals surface area contributed by atoms with E-state index in [1.54, 1.807) is 0 Å². The fourth-order valence-corrected chi connectivity index (χ4v) is 2.15. The molecule has 3 nitrogen and oxygen atoms in total. The van der Waals surface area contributed by atoms with Crippen molar-refractivity contribution in [1.82, 2.24) is 0 Å². The summed E-state index contributed by atoms with van der Waals surface area (Å²) < 4.78 is 11.1. The summed E-state index contributed by atoms with van der Waals surface area (Å²) in [6, 6.07) is 1.90. The minimum absolute atomic E-state index is 0.186. The van der Waals surface area contributed by atoms with Crippen molar-refractivity contribution in [3.05, 3.63) is 22.2 Å². The van der Waals surface area contributed by atoms with Crippen molar-refractivity contribution >= 4 is 11.6 Å². The van der Waals surface area contributed by atoms with Gasteiger partial charge in [-0.25, -0.2) is 0 Å². The van der Waals surface area contributed by atoms with Crippen molar-refractivity contribution in [3.63, 3.8) is 0 Å². The molecular weight excluding hydrogens is 228 g/mol. The van der Waals surface area contributed by atoms with Crippen LogP contribution in [0.5, 0.6) is 11.5 Å². The zero-order chi connectivity index (χ0) is 11.5. The van der Waals surface area contributed by atoms with Crippen molar-refractivity contribution in [2.45, 2.75) is 19.8 Å². The fourth-order valence-electron chi connectivity index (χ4n) is 1.88. The van der Waals surface area contributed by atoms with Crippen molar-refractivity contribution in [3.8, 4) is 11.5 Å². The molecule has 0 aliphatic carbocycles. The van der Waals surface area contributed by atoms with E-state index >= 15 is 0 Å². The van der Waals surface area contributed by atoms with Gasteiger partial charge in [-0.2, -0.15) is 0 Å². The largest absolute Gasteiger partial charge is 0.486 e. The summed E-state index contributed by atoms with van der Waals surface area (Å²) in [5.74, 6) is 1.41. The van der Waals surface area contributed by atoms with Gasteiger partial charge in [0.1, 0.15) is 13.2 Å². The third-order valence-corrected chi connectivity index (χ3v) is 3.01. The summed E-state index contributed by atoms with van der Waals surface area (Å²) in [6.07, 6.45) is 1.54. The van der Waals surface area contributed by atoms with Crippen molar-refractivity contribution in [2.75, 3.05) is 19.8 Å². The number of halogens is 1. The zero-order valence-electron chi connectivity index (χ0n) is 9.25. The fraction of sp³-hybridized carbons (Fsp3) is 0.500. The smallest absolute Gasteiger partial charge is 0.180 e. The van der Waals surface area contributed by atoms with E-state index in [2.05, 4.69) is 0 Å². The monoisotopic (exact) mass is 242 g/mol. The summed E-state index contributed by atoms with van der Waals surface area (Å²) >= 11 is 6.13. The van der Waals surface area contributed by atoms with Gasteiger partial charge in [-0.05, 0) is 37.0 Å². The van der Waals surface area contributed by atoms with Crippen LogP contribution in [0.4, 0.5) is 0 Å². The number of hydrogen-bond donors (Lipinski definition) is 1. The maximum absolute atomic E-state index is 8.84. The average Bonchev–Trinajstić information content (AvgIpc) is 2.32. The van der Waals surface area contributed by atoms with Gasteiger partial charge in [0.15, 0.2) is 11.5 Å². The van der Waals surface area contributed by atoms with Crippen molar-refractivity contribution in [2.24, 2.45) is 0 Å². The Labute approximate surface area is 99.9 Å². The molecule has 4 heteroatoms. The lowest BCUT2D eigenvalue weighted by Gasteiger charge is -2.23. The molecule has 1 aliphatic heterocycles. The Bertz CT molecular complexity index is 390. The minimum atomic E-state index is 0.186. The van der Waals surface area contributed by atoms with Gasteiger partial charge in [0.05, 0.1) is 5.02 Å². The van der Waals surface area contributed by atoms with Gasteiger partial charge >= 0.3 is 0 Å². The molecule has 0 saturated carbocycles. The zero-order valence-corrected chi connectivity index (χ0v) is 10.0. The van der Waals surface area contributed by atoms with Crippen molar-refractivity contribution in [1.29, 1.82) is 0 Å². The van der Waals surface area contributed by atoms with Gasteiger partial charge in [0.25, 0.3) is 0 Å². The molecule has 0 radical (unpaired) electrons. The number of hydrogen-bond acceptors (Lipinski definition) is 3. The highest BCUT2D eigenvalue weighted by Crippen LogP contribution is 2.41. The molecule has 1 N–H and O–H groups in total. The molecule has 0 atom stereocenters. The molecule has 0 saturated heterocycles. The van der Waals surface area contributed by atoms with E-state index in [4.69, 9.17) is 26.2 Å². The van der Waals surface area contributed by atoms with Crippen molar-refractivity contribution < 1.29 is 14.6 Å². The van der Waals surface area contributed by atoms with Crippen LogP contribution in [0.15, 0.2) is 6.07 Å². The van der Waals surface area contributed by atoms with Gasteiger partial charge in [-0.15, -0.1) is 0 Å². The van der Waals surface area contributed by atoms with E-state index in [0.717, 1.165) is 29.7 Å². The molecule has 0 unspecified atom stereocenters. The first-order chi connectivity index (χ1) is 7.74. The summed E-state index contributed by atoms with van der Waals surface area (Å²) in [4.78, 5) is 0. The van der Waals surface area contributed by atoms with Crippen LogP contribution in [0.3, 0.4) is 0 Å². The minimum Gasteiger partial charge on any atom is -0.486 e. The highest BCUT2D eigenvalue weighted by molar-refractivity contribution is 6.32. The summed E-state index contributed by atoms with van der Waals surface area (Å²) in [6.45, 7) is 3.29. The molecule has 1 aromatic carbocycles. The molecule has 0 spiro atoms. The molecule has 1 aliphatic rings. The van der Waals surface area contributed by atoms with Crippen LogP contribution >= 0.6 is 11.6 Å². The second kappa shape index (κ2) is 4.93. The molecule has 0 aromatic heterocycles. The molecular formula is C12H15ClO3. The van der Waals surface area contributed by atoms with Gasteiger partial charge in [-0.3, -0.25) is 0 Å². The van der Waals surface area contributed by atoms with Crippen LogP contribution in [0, 0.1) is 6.92 Å². The number of aliphatic hydroxyl groups is 1. The maximum Gasteiger partial charge on any atom is 0.180 e. The Morgan fingerprint density at radius 3 is 2.69 bits per heavy atom. The van der Waals surface area contributed by atoms with Gasteiger partial charge in [0, 0.05) is 6.61 Å². The highest BCUT2D eigenvalue weighted by atomic mass is 35.5. The van der Waals surface area contributed by atoms with Crippen LogP contribution in [0.25, 0.3) is 0 Å². The van der Waals surface area contributed by atoms with Gasteiger partial charge in [0.2, 0.25) is 0 Å². The molecule has 0 fully saturated rings. The Morgan fingerprint density at radius 1 is 1.31 bits per heavy atom. The maximum atomic E-state index is 8.84. The Balaban J connectivity index is 2.37. The quantitative estimate of drug-likeness (QED) is 0.884. The second-order valence-electron chi connectivity index (χ2n) is 3.82. The number of aryl methyl sites for hydroxylation is 1. The first kappa shape index (κ1) is 11.6. The van der Waals surface area contributed by atoms with E-state index in [9.17, 15) is 0 Å². The predicted octanol–water partition coefficient (Wildman–Crippen LogP) is 2.34. The third kappa shape index (κ3) is 2.11. The number of aliphatic hydroxyl groups excluding tert-OH is 1.